The van der Waals surface area contributed by atoms with Crippen molar-refractivity contribution in [3.05, 3.63) is 65.0 Å². The Kier molecular flexibility index (Phi) is 3.88. The third-order valence-corrected chi connectivity index (χ3v) is 3.21. The summed E-state index contributed by atoms with van der Waals surface area (Å²) in [6.07, 6.45) is 0. The van der Waals surface area contributed by atoms with E-state index in [2.05, 4.69) is 10.1 Å². The van der Waals surface area contributed by atoms with Crippen molar-refractivity contribution in [3.8, 4) is 17.1 Å². The lowest BCUT2D eigenvalue weighted by Gasteiger charge is -2.02. The Balaban J connectivity index is 1.67. The summed E-state index contributed by atoms with van der Waals surface area (Å²) in [7, 11) is 0. The third-order valence-electron chi connectivity index (χ3n) is 2.95. The van der Waals surface area contributed by atoms with Gasteiger partial charge in [-0.15, -0.1) is 0 Å². The van der Waals surface area contributed by atoms with Gasteiger partial charge in [-0.3, -0.25) is 0 Å². The van der Waals surface area contributed by atoms with Crippen molar-refractivity contribution in [1.82, 2.24) is 10.1 Å². The molecule has 3 rings (SSSR count). The smallest absolute Gasteiger partial charge is 0.264 e. The standard InChI is InChI=1S/C16H13ClN2O2/c1-11-2-4-12(5-3-11)16-18-15(21-19-16)10-20-14-8-6-13(17)7-9-14/h2-9H,10H2,1H3. The fraction of sp³-hybridized carbons (Fsp3) is 0.125. The fourth-order valence-corrected chi connectivity index (χ4v) is 1.94. The quantitative estimate of drug-likeness (QED) is 0.721. The number of benzene rings is 2. The van der Waals surface area contributed by atoms with E-state index >= 15 is 0 Å². The van der Waals surface area contributed by atoms with Gasteiger partial charge in [0.15, 0.2) is 6.61 Å². The Hall–Kier alpha value is -2.33. The molecule has 106 valence electrons. The van der Waals surface area contributed by atoms with Crippen LogP contribution in [0.25, 0.3) is 11.4 Å². The molecule has 0 fully saturated rings. The van der Waals surface area contributed by atoms with Crippen molar-refractivity contribution in [2.75, 3.05) is 0 Å². The topological polar surface area (TPSA) is 48.2 Å². The van der Waals surface area contributed by atoms with E-state index in [9.17, 15) is 0 Å². The Morgan fingerprint density at radius 3 is 2.48 bits per heavy atom. The molecule has 0 N–H and O–H groups in total. The lowest BCUT2D eigenvalue weighted by molar-refractivity contribution is 0.243. The van der Waals surface area contributed by atoms with Crippen LogP contribution < -0.4 is 4.74 Å². The van der Waals surface area contributed by atoms with Crippen LogP contribution in [0, 0.1) is 6.92 Å². The van der Waals surface area contributed by atoms with Gasteiger partial charge >= 0.3 is 0 Å². The van der Waals surface area contributed by atoms with Gasteiger partial charge in [0.05, 0.1) is 0 Å². The average Bonchev–Trinajstić information content (AvgIpc) is 2.96. The number of aromatic nitrogens is 2. The maximum atomic E-state index is 5.81. The third kappa shape index (κ3) is 3.41. The van der Waals surface area contributed by atoms with Crippen LogP contribution in [0.15, 0.2) is 53.1 Å². The minimum Gasteiger partial charge on any atom is -0.484 e. The van der Waals surface area contributed by atoms with Gasteiger partial charge in [-0.05, 0) is 31.2 Å². The molecule has 5 heteroatoms. The summed E-state index contributed by atoms with van der Waals surface area (Å²) in [5, 5.41) is 4.62. The first-order chi connectivity index (χ1) is 10.2. The van der Waals surface area contributed by atoms with Crippen LogP contribution in [-0.2, 0) is 6.61 Å². The number of hydrogen-bond donors (Lipinski definition) is 0. The Morgan fingerprint density at radius 2 is 1.76 bits per heavy atom. The molecule has 2 aromatic carbocycles. The molecule has 0 saturated heterocycles. The molecule has 0 aliphatic carbocycles. The number of rotatable bonds is 4. The maximum absolute atomic E-state index is 5.81. The van der Waals surface area contributed by atoms with E-state index in [0.717, 1.165) is 5.56 Å². The maximum Gasteiger partial charge on any atom is 0.264 e. The molecular weight excluding hydrogens is 288 g/mol. The molecule has 0 saturated carbocycles. The van der Waals surface area contributed by atoms with E-state index in [1.165, 1.54) is 5.56 Å². The normalized spacial score (nSPS) is 10.6. The van der Waals surface area contributed by atoms with Crippen molar-refractivity contribution in [2.45, 2.75) is 13.5 Å². The molecule has 0 unspecified atom stereocenters. The zero-order chi connectivity index (χ0) is 14.7. The SMILES string of the molecule is Cc1ccc(-c2noc(COc3ccc(Cl)cc3)n2)cc1. The van der Waals surface area contributed by atoms with Gasteiger partial charge in [-0.1, -0.05) is 46.6 Å². The first kappa shape index (κ1) is 13.6. The summed E-state index contributed by atoms with van der Waals surface area (Å²) >= 11 is 5.81. The van der Waals surface area contributed by atoms with Gasteiger partial charge in [0.2, 0.25) is 5.82 Å². The fourth-order valence-electron chi connectivity index (χ4n) is 1.81. The van der Waals surface area contributed by atoms with E-state index in [1.54, 1.807) is 24.3 Å². The zero-order valence-corrected chi connectivity index (χ0v) is 12.2. The van der Waals surface area contributed by atoms with Crippen LogP contribution in [0.2, 0.25) is 5.02 Å². The highest BCUT2D eigenvalue weighted by atomic mass is 35.5. The van der Waals surface area contributed by atoms with Crippen LogP contribution in [0.5, 0.6) is 5.75 Å². The second kappa shape index (κ2) is 5.97. The van der Waals surface area contributed by atoms with E-state index in [0.29, 0.717) is 22.5 Å². The summed E-state index contributed by atoms with van der Waals surface area (Å²) in [5.41, 5.74) is 2.11. The van der Waals surface area contributed by atoms with Crippen molar-refractivity contribution < 1.29 is 9.26 Å². The molecule has 0 atom stereocenters. The zero-order valence-electron chi connectivity index (χ0n) is 11.4. The largest absolute Gasteiger partial charge is 0.484 e. The van der Waals surface area contributed by atoms with E-state index in [-0.39, 0.29) is 6.61 Å². The second-order valence-electron chi connectivity index (χ2n) is 4.62. The highest BCUT2D eigenvalue weighted by molar-refractivity contribution is 6.30. The van der Waals surface area contributed by atoms with Crippen molar-refractivity contribution in [1.29, 1.82) is 0 Å². The second-order valence-corrected chi connectivity index (χ2v) is 5.06. The molecule has 0 amide bonds. The Bertz CT molecular complexity index is 721. The van der Waals surface area contributed by atoms with Gasteiger partial charge in [0.25, 0.3) is 5.89 Å². The molecule has 0 bridgehead atoms. The molecule has 0 spiro atoms. The van der Waals surface area contributed by atoms with E-state index in [1.807, 2.05) is 31.2 Å². The van der Waals surface area contributed by atoms with Crippen molar-refractivity contribution in [3.63, 3.8) is 0 Å². The highest BCUT2D eigenvalue weighted by Crippen LogP contribution is 2.19. The minimum atomic E-state index is 0.223. The molecule has 4 nitrogen and oxygen atoms in total. The van der Waals surface area contributed by atoms with Crippen LogP contribution in [0.1, 0.15) is 11.5 Å². The highest BCUT2D eigenvalue weighted by Gasteiger charge is 2.09. The first-order valence-electron chi connectivity index (χ1n) is 6.49. The monoisotopic (exact) mass is 300 g/mol. The number of ether oxygens (including phenoxy) is 1. The molecule has 1 heterocycles. The van der Waals surface area contributed by atoms with Gasteiger partial charge in [-0.25, -0.2) is 0 Å². The molecule has 21 heavy (non-hydrogen) atoms. The van der Waals surface area contributed by atoms with E-state index < -0.39 is 0 Å². The Morgan fingerprint density at radius 1 is 1.05 bits per heavy atom. The summed E-state index contributed by atoms with van der Waals surface area (Å²) in [6.45, 7) is 2.26. The molecule has 1 aromatic heterocycles. The van der Waals surface area contributed by atoms with Gasteiger partial charge in [0.1, 0.15) is 5.75 Å². The minimum absolute atomic E-state index is 0.223. The van der Waals surface area contributed by atoms with Crippen LogP contribution in [0.4, 0.5) is 0 Å². The first-order valence-corrected chi connectivity index (χ1v) is 6.86. The molecule has 0 aliphatic rings. The summed E-state index contributed by atoms with van der Waals surface area (Å²) in [4.78, 5) is 4.31. The molecule has 3 aromatic rings. The molecular formula is C16H13ClN2O2. The van der Waals surface area contributed by atoms with Crippen molar-refractivity contribution >= 4 is 11.6 Å². The van der Waals surface area contributed by atoms with Crippen LogP contribution >= 0.6 is 11.6 Å². The van der Waals surface area contributed by atoms with E-state index in [4.69, 9.17) is 20.9 Å². The average molecular weight is 301 g/mol. The Labute approximate surface area is 127 Å². The summed E-state index contributed by atoms with van der Waals surface area (Å²) in [6, 6.07) is 15.1. The number of aryl methyl sites for hydroxylation is 1. The lowest BCUT2D eigenvalue weighted by Crippen LogP contribution is -1.95. The number of halogens is 1. The summed E-state index contributed by atoms with van der Waals surface area (Å²) in [5.74, 6) is 1.69. The van der Waals surface area contributed by atoms with Crippen LogP contribution in [0.3, 0.4) is 0 Å². The predicted octanol–water partition coefficient (Wildman–Crippen LogP) is 4.28. The van der Waals surface area contributed by atoms with Crippen molar-refractivity contribution in [2.24, 2.45) is 0 Å². The number of hydrogen-bond acceptors (Lipinski definition) is 4. The van der Waals surface area contributed by atoms with Crippen LogP contribution in [-0.4, -0.2) is 10.1 Å². The van der Waals surface area contributed by atoms with Gasteiger partial charge in [-0.2, -0.15) is 4.98 Å². The summed E-state index contributed by atoms with van der Waals surface area (Å²) < 4.78 is 10.7. The number of nitrogens with zero attached hydrogens (tertiary/aromatic N) is 2. The van der Waals surface area contributed by atoms with Gasteiger partial charge in [0, 0.05) is 10.6 Å². The van der Waals surface area contributed by atoms with Gasteiger partial charge < -0.3 is 9.26 Å². The predicted molar refractivity (Wildman–Crippen MR) is 80.3 cm³/mol. The molecule has 0 radical (unpaired) electrons. The lowest BCUT2D eigenvalue weighted by atomic mass is 10.1. The molecule has 0 aliphatic heterocycles.